The first kappa shape index (κ1) is 15.7. The minimum absolute atomic E-state index is 0.152. The SMILES string of the molecule is O=C(CN1C[C@H](O)C[C@@H]1c1cccc(F)c1)NCc1ccco1. The lowest BCUT2D eigenvalue weighted by molar-refractivity contribution is -0.122. The number of carbonyl (C=O) groups excluding carboxylic acids is 1. The maximum atomic E-state index is 13.4. The number of aliphatic hydroxyl groups is 1. The Balaban J connectivity index is 1.62. The molecule has 1 aliphatic heterocycles. The second kappa shape index (κ2) is 6.93. The average molecular weight is 318 g/mol. The zero-order chi connectivity index (χ0) is 16.2. The first-order chi connectivity index (χ1) is 11.1. The molecule has 1 fully saturated rings. The molecule has 1 aromatic carbocycles. The van der Waals surface area contributed by atoms with Crippen molar-refractivity contribution in [2.75, 3.05) is 13.1 Å². The van der Waals surface area contributed by atoms with Crippen LogP contribution in [-0.4, -0.2) is 35.1 Å². The number of rotatable bonds is 5. The molecule has 2 atom stereocenters. The zero-order valence-electron chi connectivity index (χ0n) is 12.6. The van der Waals surface area contributed by atoms with Gasteiger partial charge in [-0.2, -0.15) is 0 Å². The lowest BCUT2D eigenvalue weighted by Crippen LogP contribution is -2.37. The lowest BCUT2D eigenvalue weighted by Gasteiger charge is -2.23. The highest BCUT2D eigenvalue weighted by molar-refractivity contribution is 5.78. The molecule has 1 saturated heterocycles. The summed E-state index contributed by atoms with van der Waals surface area (Å²) in [4.78, 5) is 14.0. The van der Waals surface area contributed by atoms with E-state index in [2.05, 4.69) is 5.32 Å². The number of hydrogen-bond donors (Lipinski definition) is 2. The van der Waals surface area contributed by atoms with E-state index in [9.17, 15) is 14.3 Å². The van der Waals surface area contributed by atoms with Gasteiger partial charge in [-0.05, 0) is 36.2 Å². The molecule has 6 heteroatoms. The van der Waals surface area contributed by atoms with Crippen LogP contribution in [0.5, 0.6) is 0 Å². The Hall–Kier alpha value is -2.18. The number of nitrogens with one attached hydrogen (secondary N) is 1. The number of benzene rings is 1. The van der Waals surface area contributed by atoms with Gasteiger partial charge in [0.2, 0.25) is 5.91 Å². The topological polar surface area (TPSA) is 65.7 Å². The number of carbonyl (C=O) groups is 1. The number of aliphatic hydroxyl groups excluding tert-OH is 1. The summed E-state index contributed by atoms with van der Waals surface area (Å²) in [7, 11) is 0. The summed E-state index contributed by atoms with van der Waals surface area (Å²) in [5, 5.41) is 12.7. The van der Waals surface area contributed by atoms with Crippen LogP contribution < -0.4 is 5.32 Å². The van der Waals surface area contributed by atoms with Crippen LogP contribution in [0, 0.1) is 5.82 Å². The minimum Gasteiger partial charge on any atom is -0.467 e. The quantitative estimate of drug-likeness (QED) is 0.883. The van der Waals surface area contributed by atoms with Crippen molar-refractivity contribution in [1.29, 1.82) is 0 Å². The molecule has 0 unspecified atom stereocenters. The number of amides is 1. The largest absolute Gasteiger partial charge is 0.467 e. The van der Waals surface area contributed by atoms with E-state index in [1.807, 2.05) is 11.0 Å². The summed E-state index contributed by atoms with van der Waals surface area (Å²) in [6.07, 6.45) is 1.54. The first-order valence-electron chi connectivity index (χ1n) is 7.58. The van der Waals surface area contributed by atoms with Gasteiger partial charge in [-0.1, -0.05) is 12.1 Å². The highest BCUT2D eigenvalue weighted by Gasteiger charge is 2.33. The van der Waals surface area contributed by atoms with E-state index in [-0.39, 0.29) is 24.3 Å². The van der Waals surface area contributed by atoms with Crippen LogP contribution in [0.25, 0.3) is 0 Å². The molecular formula is C17H19FN2O3. The number of β-amino-alcohol motifs (C(OH)–C–C–N with tert-alkyl or cyclic N) is 1. The molecule has 0 radical (unpaired) electrons. The van der Waals surface area contributed by atoms with Crippen LogP contribution in [0.4, 0.5) is 4.39 Å². The van der Waals surface area contributed by atoms with E-state index in [0.29, 0.717) is 25.3 Å². The van der Waals surface area contributed by atoms with Gasteiger partial charge in [0, 0.05) is 12.6 Å². The Morgan fingerprint density at radius 3 is 3.00 bits per heavy atom. The van der Waals surface area contributed by atoms with Crippen LogP contribution in [0.3, 0.4) is 0 Å². The van der Waals surface area contributed by atoms with Gasteiger partial charge in [0.05, 0.1) is 25.5 Å². The summed E-state index contributed by atoms with van der Waals surface area (Å²) < 4.78 is 18.6. The summed E-state index contributed by atoms with van der Waals surface area (Å²) in [6.45, 7) is 0.876. The predicted octanol–water partition coefficient (Wildman–Crippen LogP) is 1.84. The smallest absolute Gasteiger partial charge is 0.234 e. The van der Waals surface area contributed by atoms with Gasteiger partial charge in [0.1, 0.15) is 11.6 Å². The van der Waals surface area contributed by atoms with E-state index >= 15 is 0 Å². The van der Waals surface area contributed by atoms with Gasteiger partial charge in [-0.3, -0.25) is 9.69 Å². The Bertz CT molecular complexity index is 660. The molecule has 1 aromatic heterocycles. The van der Waals surface area contributed by atoms with Gasteiger partial charge in [-0.15, -0.1) is 0 Å². The molecule has 3 rings (SSSR count). The maximum absolute atomic E-state index is 13.4. The van der Waals surface area contributed by atoms with Crippen molar-refractivity contribution < 1.29 is 18.7 Å². The fourth-order valence-electron chi connectivity index (χ4n) is 2.95. The molecule has 5 nitrogen and oxygen atoms in total. The summed E-state index contributed by atoms with van der Waals surface area (Å²) in [5.41, 5.74) is 0.778. The standard InChI is InChI=1S/C17H19FN2O3/c18-13-4-1-3-12(7-13)16-8-14(21)10-20(16)11-17(22)19-9-15-5-2-6-23-15/h1-7,14,16,21H,8-11H2,(H,19,22)/t14-,16-/m1/s1. The molecule has 0 saturated carbocycles. The molecule has 0 spiro atoms. The molecule has 1 amide bonds. The number of hydrogen-bond acceptors (Lipinski definition) is 4. The summed E-state index contributed by atoms with van der Waals surface area (Å²) >= 11 is 0. The number of halogens is 1. The number of furan rings is 1. The van der Waals surface area contributed by atoms with E-state index < -0.39 is 6.10 Å². The second-order valence-corrected chi connectivity index (χ2v) is 5.75. The molecule has 1 aliphatic rings. The predicted molar refractivity (Wildman–Crippen MR) is 81.9 cm³/mol. The van der Waals surface area contributed by atoms with Crippen molar-refractivity contribution in [1.82, 2.24) is 10.2 Å². The third kappa shape index (κ3) is 3.97. The van der Waals surface area contributed by atoms with Crippen LogP contribution in [-0.2, 0) is 11.3 Å². The summed E-state index contributed by atoms with van der Waals surface area (Å²) in [5.74, 6) is 0.213. The summed E-state index contributed by atoms with van der Waals surface area (Å²) in [6, 6.07) is 9.69. The fraction of sp³-hybridized carbons (Fsp3) is 0.353. The lowest BCUT2D eigenvalue weighted by atomic mass is 10.0. The van der Waals surface area contributed by atoms with E-state index in [4.69, 9.17) is 4.42 Å². The van der Waals surface area contributed by atoms with E-state index in [1.165, 1.54) is 12.1 Å². The molecule has 122 valence electrons. The Labute approximate surface area is 133 Å². The second-order valence-electron chi connectivity index (χ2n) is 5.75. The van der Waals surface area contributed by atoms with Crippen molar-refractivity contribution in [3.63, 3.8) is 0 Å². The Kier molecular flexibility index (Phi) is 4.73. The third-order valence-electron chi connectivity index (χ3n) is 4.00. The third-order valence-corrected chi connectivity index (χ3v) is 4.00. The van der Waals surface area contributed by atoms with Crippen LogP contribution in [0.2, 0.25) is 0 Å². The van der Waals surface area contributed by atoms with Gasteiger partial charge in [0.15, 0.2) is 0 Å². The molecule has 2 N–H and O–H groups in total. The Morgan fingerprint density at radius 2 is 2.26 bits per heavy atom. The Morgan fingerprint density at radius 1 is 1.39 bits per heavy atom. The highest BCUT2D eigenvalue weighted by Crippen LogP contribution is 2.32. The number of likely N-dealkylation sites (tertiary alicyclic amines) is 1. The maximum Gasteiger partial charge on any atom is 0.234 e. The number of nitrogens with zero attached hydrogens (tertiary/aromatic N) is 1. The van der Waals surface area contributed by atoms with Crippen molar-refractivity contribution in [2.45, 2.75) is 25.1 Å². The zero-order valence-corrected chi connectivity index (χ0v) is 12.6. The average Bonchev–Trinajstić information content (AvgIpc) is 3.15. The molecule has 2 heterocycles. The van der Waals surface area contributed by atoms with E-state index in [0.717, 1.165) is 5.56 Å². The van der Waals surface area contributed by atoms with Gasteiger partial charge < -0.3 is 14.8 Å². The van der Waals surface area contributed by atoms with Crippen LogP contribution in [0.15, 0.2) is 47.1 Å². The van der Waals surface area contributed by atoms with E-state index in [1.54, 1.807) is 24.5 Å². The highest BCUT2D eigenvalue weighted by atomic mass is 19.1. The van der Waals surface area contributed by atoms with Gasteiger partial charge in [-0.25, -0.2) is 4.39 Å². The normalized spacial score (nSPS) is 21.5. The molecule has 2 aromatic rings. The van der Waals surface area contributed by atoms with Crippen molar-refractivity contribution in [3.05, 3.63) is 59.8 Å². The molecular weight excluding hydrogens is 299 g/mol. The minimum atomic E-state index is -0.513. The van der Waals surface area contributed by atoms with Gasteiger partial charge >= 0.3 is 0 Å². The van der Waals surface area contributed by atoms with Crippen molar-refractivity contribution in [3.8, 4) is 0 Å². The molecule has 0 bridgehead atoms. The first-order valence-corrected chi connectivity index (χ1v) is 7.58. The van der Waals surface area contributed by atoms with Crippen LogP contribution >= 0.6 is 0 Å². The van der Waals surface area contributed by atoms with Gasteiger partial charge in [0.25, 0.3) is 0 Å². The van der Waals surface area contributed by atoms with Crippen molar-refractivity contribution >= 4 is 5.91 Å². The molecule has 0 aliphatic carbocycles. The fourth-order valence-corrected chi connectivity index (χ4v) is 2.95. The monoisotopic (exact) mass is 318 g/mol. The molecule has 23 heavy (non-hydrogen) atoms. The van der Waals surface area contributed by atoms with Crippen LogP contribution in [0.1, 0.15) is 23.8 Å². The van der Waals surface area contributed by atoms with Crippen molar-refractivity contribution in [2.24, 2.45) is 0 Å².